The molecule has 4 rings (SSSR count). The van der Waals surface area contributed by atoms with Crippen LogP contribution in [0.2, 0.25) is 5.28 Å². The number of ether oxygens (including phenoxy) is 3. The van der Waals surface area contributed by atoms with E-state index in [0.29, 0.717) is 23.1 Å². The van der Waals surface area contributed by atoms with Gasteiger partial charge in [-0.15, -0.1) is 5.10 Å². The molecule has 1 aliphatic heterocycles. The zero-order valence-electron chi connectivity index (χ0n) is 18.9. The molecule has 0 spiro atoms. The van der Waals surface area contributed by atoms with Gasteiger partial charge in [-0.2, -0.15) is 4.98 Å². The number of hydrogen-bond acceptors (Lipinski definition) is 9. The fourth-order valence-corrected chi connectivity index (χ4v) is 5.15. The first-order valence-corrected chi connectivity index (χ1v) is 13.0. The topological polar surface area (TPSA) is 168 Å². The molecule has 2 aromatic heterocycles. The van der Waals surface area contributed by atoms with Gasteiger partial charge in [-0.05, 0) is 43.5 Å². The first-order valence-electron chi connectivity index (χ1n) is 11.1. The highest BCUT2D eigenvalue weighted by Gasteiger charge is 2.49. The van der Waals surface area contributed by atoms with Gasteiger partial charge in [-0.25, -0.2) is 4.52 Å². The van der Waals surface area contributed by atoms with Gasteiger partial charge in [0.25, 0.3) is 0 Å². The van der Waals surface area contributed by atoms with E-state index >= 15 is 0 Å². The minimum atomic E-state index is -4.71. The molecule has 1 aliphatic carbocycles. The predicted molar refractivity (Wildman–Crippen MR) is 122 cm³/mol. The summed E-state index contributed by atoms with van der Waals surface area (Å²) in [5.41, 5.74) is 1.09. The van der Waals surface area contributed by atoms with Gasteiger partial charge in [-0.1, -0.05) is 12.8 Å². The number of aliphatic hydroxyl groups excluding tert-OH is 2. The molecule has 2 fully saturated rings. The Labute approximate surface area is 201 Å². The third kappa shape index (κ3) is 4.97. The second kappa shape index (κ2) is 9.96. The summed E-state index contributed by atoms with van der Waals surface area (Å²) in [6, 6.07) is 3.77. The molecule has 0 radical (unpaired) electrons. The normalized spacial score (nSPS) is 28.0. The number of rotatable bonds is 9. The molecule has 1 saturated carbocycles. The van der Waals surface area contributed by atoms with Gasteiger partial charge in [0, 0.05) is 13.2 Å². The average Bonchev–Trinajstić information content (AvgIpc) is 3.48. The van der Waals surface area contributed by atoms with E-state index in [1.807, 2.05) is 0 Å². The molecule has 0 aromatic carbocycles. The maximum absolute atomic E-state index is 11.9. The van der Waals surface area contributed by atoms with E-state index in [0.717, 1.165) is 25.7 Å². The third-order valence-electron chi connectivity index (χ3n) is 6.45. The van der Waals surface area contributed by atoms with E-state index in [2.05, 4.69) is 15.4 Å². The number of halogens is 1. The molecule has 5 N–H and O–H groups in total. The molecular formula is C20H30ClN4O8P. The number of nitrogens with zero attached hydrogens (tertiary/aromatic N) is 3. The number of methoxy groups -OCH3 is 1. The largest absolute Gasteiger partial charge is 0.387 e. The zero-order chi connectivity index (χ0) is 24.7. The van der Waals surface area contributed by atoms with Crippen LogP contribution in [0.3, 0.4) is 0 Å². The maximum atomic E-state index is 11.9. The van der Waals surface area contributed by atoms with Crippen molar-refractivity contribution in [2.75, 3.05) is 25.6 Å². The van der Waals surface area contributed by atoms with Crippen LogP contribution in [0.1, 0.15) is 44.4 Å². The minimum absolute atomic E-state index is 0.00958. The quantitative estimate of drug-likeness (QED) is 0.303. The van der Waals surface area contributed by atoms with Crippen molar-refractivity contribution in [1.82, 2.24) is 14.6 Å². The van der Waals surface area contributed by atoms with E-state index in [1.165, 1.54) is 18.5 Å². The van der Waals surface area contributed by atoms with Crippen LogP contribution in [-0.4, -0.2) is 84.6 Å². The Kier molecular flexibility index (Phi) is 7.54. The van der Waals surface area contributed by atoms with Crippen molar-refractivity contribution in [3.05, 3.63) is 23.1 Å². The van der Waals surface area contributed by atoms with Crippen LogP contribution < -0.4 is 5.32 Å². The third-order valence-corrected chi connectivity index (χ3v) is 8.10. The first kappa shape index (κ1) is 25.7. The highest BCUT2D eigenvalue weighted by Crippen LogP contribution is 2.51. The van der Waals surface area contributed by atoms with E-state index in [4.69, 9.17) is 25.8 Å². The number of hydrogen-bond donors (Lipinski definition) is 5. The van der Waals surface area contributed by atoms with Crippen molar-refractivity contribution in [3.8, 4) is 0 Å². The summed E-state index contributed by atoms with van der Waals surface area (Å²) < 4.78 is 29.6. The lowest BCUT2D eigenvalue weighted by Gasteiger charge is -2.31. The standard InChI is InChI=1S/C20H30ClN4O8P/c1-20(10-31-2,34(28,29)30)32-9-14-15(26)16(27)17(33-14)12-7-8-13-18(22-11-5-3-4-6-11)23-19(21)24-25(12)13/h7-8,11,14-17,26-27H,3-6,9-10H2,1-2H3,(H,22,23,24)(H2,28,29,30)/t14-,15-,16-,17+,20+/m1/s1. The summed E-state index contributed by atoms with van der Waals surface area (Å²) in [7, 11) is -3.42. The maximum Gasteiger partial charge on any atom is 0.359 e. The molecule has 34 heavy (non-hydrogen) atoms. The summed E-state index contributed by atoms with van der Waals surface area (Å²) in [4.78, 5) is 23.6. The first-order chi connectivity index (χ1) is 16.0. The van der Waals surface area contributed by atoms with Crippen LogP contribution in [0.4, 0.5) is 5.82 Å². The fraction of sp³-hybridized carbons (Fsp3) is 0.700. The van der Waals surface area contributed by atoms with Gasteiger partial charge in [0.1, 0.15) is 29.9 Å². The van der Waals surface area contributed by atoms with Crippen LogP contribution in [-0.2, 0) is 18.8 Å². The molecule has 12 nitrogen and oxygen atoms in total. The Bertz CT molecular complexity index is 1060. The summed E-state index contributed by atoms with van der Waals surface area (Å²) in [6.07, 6.45) is -0.376. The number of nitrogens with one attached hydrogen (secondary N) is 1. The number of aliphatic hydroxyl groups is 2. The van der Waals surface area contributed by atoms with Crippen LogP contribution >= 0.6 is 19.2 Å². The monoisotopic (exact) mass is 520 g/mol. The summed E-state index contributed by atoms with van der Waals surface area (Å²) in [5, 5.41) is 27.0. The molecule has 5 atom stereocenters. The average molecular weight is 521 g/mol. The lowest BCUT2D eigenvalue weighted by Crippen LogP contribution is -2.40. The minimum Gasteiger partial charge on any atom is -0.387 e. The molecular weight excluding hydrogens is 491 g/mol. The SMILES string of the molecule is COC[C@@](C)(OC[C@H]1O[C@@H](c2ccc3c(NC4CCCC4)nc(Cl)nn23)[C@H](O)[C@@H]1O)P(=O)(O)O. The Balaban J connectivity index is 1.55. The van der Waals surface area contributed by atoms with Crippen LogP contribution in [0.5, 0.6) is 0 Å². The number of anilines is 1. The van der Waals surface area contributed by atoms with Crippen molar-refractivity contribution < 1.29 is 38.8 Å². The molecule has 0 amide bonds. The van der Waals surface area contributed by atoms with Crippen molar-refractivity contribution in [1.29, 1.82) is 0 Å². The fourth-order valence-electron chi connectivity index (χ4n) is 4.45. The van der Waals surface area contributed by atoms with E-state index in [-0.39, 0.29) is 18.5 Å². The van der Waals surface area contributed by atoms with Gasteiger partial charge in [-0.3, -0.25) is 4.57 Å². The second-order valence-electron chi connectivity index (χ2n) is 8.95. The van der Waals surface area contributed by atoms with Gasteiger partial charge in [0.05, 0.1) is 18.9 Å². The zero-order valence-corrected chi connectivity index (χ0v) is 20.5. The second-order valence-corrected chi connectivity index (χ2v) is 11.3. The summed E-state index contributed by atoms with van der Waals surface area (Å²) >= 11 is 6.17. The molecule has 2 aliphatic rings. The van der Waals surface area contributed by atoms with Crippen LogP contribution in [0.15, 0.2) is 12.1 Å². The Morgan fingerprint density at radius 3 is 2.65 bits per heavy atom. The van der Waals surface area contributed by atoms with Crippen LogP contribution in [0.25, 0.3) is 5.52 Å². The number of fused-ring (bicyclic) bond motifs is 1. The summed E-state index contributed by atoms with van der Waals surface area (Å²) in [6.45, 7) is 0.458. The molecule has 1 saturated heterocycles. The van der Waals surface area contributed by atoms with Crippen LogP contribution in [0, 0.1) is 0 Å². The van der Waals surface area contributed by atoms with Gasteiger partial charge >= 0.3 is 7.60 Å². The molecule has 3 heterocycles. The van der Waals surface area contributed by atoms with Gasteiger partial charge in [0.2, 0.25) is 5.28 Å². The van der Waals surface area contributed by atoms with E-state index < -0.39 is 37.4 Å². The van der Waals surface area contributed by atoms with Crippen molar-refractivity contribution in [3.63, 3.8) is 0 Å². The Morgan fingerprint density at radius 1 is 1.29 bits per heavy atom. The highest BCUT2D eigenvalue weighted by atomic mass is 35.5. The Hall–Kier alpha value is -1.34. The number of aromatic nitrogens is 3. The molecule has 14 heteroatoms. The summed E-state index contributed by atoms with van der Waals surface area (Å²) in [5.74, 6) is 0.572. The Morgan fingerprint density at radius 2 is 2.00 bits per heavy atom. The smallest absolute Gasteiger partial charge is 0.359 e. The van der Waals surface area contributed by atoms with Gasteiger partial charge < -0.3 is 39.5 Å². The van der Waals surface area contributed by atoms with Crippen molar-refractivity contribution in [2.45, 2.75) is 68.4 Å². The van der Waals surface area contributed by atoms with Crippen molar-refractivity contribution >= 4 is 30.5 Å². The predicted octanol–water partition coefficient (Wildman–Crippen LogP) is 1.46. The molecule has 190 valence electrons. The van der Waals surface area contributed by atoms with E-state index in [1.54, 1.807) is 12.1 Å². The van der Waals surface area contributed by atoms with Gasteiger partial charge in [0.15, 0.2) is 11.2 Å². The molecule has 0 unspecified atom stereocenters. The lowest BCUT2D eigenvalue weighted by molar-refractivity contribution is -0.0979. The molecule has 2 aromatic rings. The van der Waals surface area contributed by atoms with Crippen molar-refractivity contribution in [2.24, 2.45) is 0 Å². The van der Waals surface area contributed by atoms with E-state index in [9.17, 15) is 24.6 Å². The lowest BCUT2D eigenvalue weighted by atomic mass is 10.1. The molecule has 0 bridgehead atoms. The highest BCUT2D eigenvalue weighted by molar-refractivity contribution is 7.53.